The van der Waals surface area contributed by atoms with Crippen molar-refractivity contribution in [2.24, 2.45) is 0 Å². The highest BCUT2D eigenvalue weighted by atomic mass is 16.3. The Morgan fingerprint density at radius 1 is 1.35 bits per heavy atom. The Bertz CT molecular complexity index is 490. The van der Waals surface area contributed by atoms with E-state index in [1.165, 1.54) is 11.1 Å². The Morgan fingerprint density at radius 2 is 2.18 bits per heavy atom. The molecule has 1 atom stereocenters. The molecule has 2 heterocycles. The molecule has 2 aromatic heterocycles. The molecule has 0 amide bonds. The molecule has 90 valence electrons. The second-order valence-electron chi connectivity index (χ2n) is 4.24. The number of nitrogens with zero attached hydrogens (tertiary/aromatic N) is 1. The molecule has 0 fully saturated rings. The first-order chi connectivity index (χ1) is 8.22. The molecule has 0 radical (unpaired) electrons. The van der Waals surface area contributed by atoms with Crippen molar-refractivity contribution in [2.45, 2.75) is 26.3 Å². The van der Waals surface area contributed by atoms with Crippen LogP contribution < -0.4 is 5.32 Å². The summed E-state index contributed by atoms with van der Waals surface area (Å²) in [5.74, 6) is 0.970. The monoisotopic (exact) mass is 230 g/mol. The van der Waals surface area contributed by atoms with Crippen LogP contribution in [0.5, 0.6) is 0 Å². The maximum absolute atomic E-state index is 5.35. The largest absolute Gasteiger partial charge is 0.469 e. The van der Waals surface area contributed by atoms with E-state index in [0.717, 1.165) is 17.9 Å². The van der Waals surface area contributed by atoms with Crippen LogP contribution in [0.2, 0.25) is 0 Å². The molecular formula is C14H18N2O. The van der Waals surface area contributed by atoms with Gasteiger partial charge in [0.25, 0.3) is 0 Å². The summed E-state index contributed by atoms with van der Waals surface area (Å²) in [4.78, 5) is 4.43. The molecule has 1 unspecified atom stereocenters. The molecule has 0 bridgehead atoms. The van der Waals surface area contributed by atoms with Gasteiger partial charge in [0.1, 0.15) is 5.76 Å². The number of likely N-dealkylation sites (N-methyl/N-ethyl adjacent to an activating group) is 1. The fraction of sp³-hybridized carbons (Fsp3) is 0.357. The van der Waals surface area contributed by atoms with E-state index in [9.17, 15) is 0 Å². The lowest BCUT2D eigenvalue weighted by atomic mass is 10.0. The number of pyridine rings is 1. The molecule has 0 saturated heterocycles. The van der Waals surface area contributed by atoms with Gasteiger partial charge in [0.05, 0.1) is 6.26 Å². The van der Waals surface area contributed by atoms with Crippen LogP contribution in [0.25, 0.3) is 0 Å². The predicted molar refractivity (Wildman–Crippen MR) is 67.9 cm³/mol. The highest BCUT2D eigenvalue weighted by Crippen LogP contribution is 2.22. The minimum atomic E-state index is 0.252. The van der Waals surface area contributed by atoms with Gasteiger partial charge in [-0.25, -0.2) is 0 Å². The molecule has 0 aliphatic carbocycles. The fourth-order valence-electron chi connectivity index (χ4n) is 2.05. The lowest BCUT2D eigenvalue weighted by molar-refractivity contribution is 0.510. The van der Waals surface area contributed by atoms with Gasteiger partial charge in [0.2, 0.25) is 0 Å². The lowest BCUT2D eigenvalue weighted by Gasteiger charge is -2.16. The minimum Gasteiger partial charge on any atom is -0.469 e. The van der Waals surface area contributed by atoms with Gasteiger partial charge >= 0.3 is 0 Å². The average Bonchev–Trinajstić information content (AvgIpc) is 2.75. The fourth-order valence-corrected chi connectivity index (χ4v) is 2.05. The molecule has 3 nitrogen and oxygen atoms in total. The van der Waals surface area contributed by atoms with Crippen LogP contribution in [0.4, 0.5) is 0 Å². The highest BCUT2D eigenvalue weighted by Gasteiger charge is 2.15. The first-order valence-corrected chi connectivity index (χ1v) is 5.84. The number of rotatable bonds is 4. The summed E-state index contributed by atoms with van der Waals surface area (Å²) in [7, 11) is 1.97. The molecule has 0 aromatic carbocycles. The van der Waals surface area contributed by atoms with Crippen LogP contribution in [-0.2, 0) is 6.42 Å². The van der Waals surface area contributed by atoms with Gasteiger partial charge < -0.3 is 9.73 Å². The Balaban J connectivity index is 2.22. The average molecular weight is 230 g/mol. The highest BCUT2D eigenvalue weighted by molar-refractivity contribution is 5.25. The van der Waals surface area contributed by atoms with E-state index in [1.807, 2.05) is 32.3 Å². The summed E-state index contributed by atoms with van der Waals surface area (Å²) >= 11 is 0. The van der Waals surface area contributed by atoms with Crippen LogP contribution in [-0.4, -0.2) is 12.0 Å². The van der Waals surface area contributed by atoms with E-state index in [4.69, 9.17) is 4.42 Å². The summed E-state index contributed by atoms with van der Waals surface area (Å²) in [6, 6.07) is 6.34. The van der Waals surface area contributed by atoms with Crippen LogP contribution in [0, 0.1) is 13.8 Å². The summed E-state index contributed by atoms with van der Waals surface area (Å²) < 4.78 is 5.35. The smallest absolute Gasteiger partial charge is 0.105 e. The predicted octanol–water partition coefficient (Wildman–Crippen LogP) is 2.79. The molecule has 0 spiro atoms. The summed E-state index contributed by atoms with van der Waals surface area (Å²) in [6.07, 6.45) is 4.46. The van der Waals surface area contributed by atoms with Gasteiger partial charge in [-0.2, -0.15) is 0 Å². The topological polar surface area (TPSA) is 38.1 Å². The molecule has 0 aliphatic heterocycles. The lowest BCUT2D eigenvalue weighted by Crippen LogP contribution is -2.20. The van der Waals surface area contributed by atoms with Gasteiger partial charge in [-0.05, 0) is 38.6 Å². The standard InChI is InChI=1S/C14H18N2O/c1-10-5-4-7-16-13(10)9-14(15-3)12-6-8-17-11(12)2/h4-8,14-15H,9H2,1-3H3. The van der Waals surface area contributed by atoms with Gasteiger partial charge in [-0.1, -0.05) is 6.07 Å². The Labute approximate surface area is 102 Å². The SMILES string of the molecule is CNC(Cc1ncccc1C)c1ccoc1C. The zero-order valence-corrected chi connectivity index (χ0v) is 10.5. The number of furan rings is 1. The van der Waals surface area contributed by atoms with Gasteiger partial charge in [0.15, 0.2) is 0 Å². The number of hydrogen-bond donors (Lipinski definition) is 1. The molecule has 1 N–H and O–H groups in total. The van der Waals surface area contributed by atoms with Crippen molar-refractivity contribution in [1.29, 1.82) is 0 Å². The van der Waals surface area contributed by atoms with E-state index < -0.39 is 0 Å². The van der Waals surface area contributed by atoms with E-state index in [2.05, 4.69) is 23.3 Å². The van der Waals surface area contributed by atoms with Crippen molar-refractivity contribution in [3.8, 4) is 0 Å². The van der Waals surface area contributed by atoms with Crippen LogP contribution in [0.1, 0.15) is 28.6 Å². The number of hydrogen-bond acceptors (Lipinski definition) is 3. The third-order valence-electron chi connectivity index (χ3n) is 3.14. The van der Waals surface area contributed by atoms with E-state index in [1.54, 1.807) is 6.26 Å². The number of aromatic nitrogens is 1. The van der Waals surface area contributed by atoms with Crippen LogP contribution in [0.3, 0.4) is 0 Å². The molecule has 2 aromatic rings. The maximum atomic E-state index is 5.35. The van der Waals surface area contributed by atoms with Crippen molar-refractivity contribution < 1.29 is 4.42 Å². The summed E-state index contributed by atoms with van der Waals surface area (Å²) in [6.45, 7) is 4.09. The normalized spacial score (nSPS) is 12.6. The van der Waals surface area contributed by atoms with Crippen molar-refractivity contribution in [3.05, 3.63) is 53.2 Å². The Morgan fingerprint density at radius 3 is 2.76 bits per heavy atom. The zero-order valence-electron chi connectivity index (χ0n) is 10.5. The minimum absolute atomic E-state index is 0.252. The van der Waals surface area contributed by atoms with Gasteiger partial charge in [0, 0.05) is 29.9 Å². The quantitative estimate of drug-likeness (QED) is 0.877. The third kappa shape index (κ3) is 2.56. The molecule has 2 rings (SSSR count). The van der Waals surface area contributed by atoms with E-state index in [0.29, 0.717) is 0 Å². The molecule has 3 heteroatoms. The first-order valence-electron chi connectivity index (χ1n) is 5.84. The van der Waals surface area contributed by atoms with Gasteiger partial charge in [-0.3, -0.25) is 4.98 Å². The molecular weight excluding hydrogens is 212 g/mol. The van der Waals surface area contributed by atoms with E-state index >= 15 is 0 Å². The zero-order chi connectivity index (χ0) is 12.3. The molecule has 17 heavy (non-hydrogen) atoms. The summed E-state index contributed by atoms with van der Waals surface area (Å²) in [5, 5.41) is 3.32. The van der Waals surface area contributed by atoms with Crippen LogP contribution in [0.15, 0.2) is 35.1 Å². The van der Waals surface area contributed by atoms with Crippen molar-refractivity contribution >= 4 is 0 Å². The second kappa shape index (κ2) is 5.15. The maximum Gasteiger partial charge on any atom is 0.105 e. The Kier molecular flexibility index (Phi) is 3.59. The van der Waals surface area contributed by atoms with Crippen molar-refractivity contribution in [2.75, 3.05) is 7.05 Å². The van der Waals surface area contributed by atoms with Crippen molar-refractivity contribution in [3.63, 3.8) is 0 Å². The molecule has 0 aliphatic rings. The number of aryl methyl sites for hydroxylation is 2. The van der Waals surface area contributed by atoms with Crippen LogP contribution >= 0.6 is 0 Å². The third-order valence-corrected chi connectivity index (χ3v) is 3.14. The number of nitrogens with one attached hydrogen (secondary N) is 1. The van der Waals surface area contributed by atoms with E-state index in [-0.39, 0.29) is 6.04 Å². The Hall–Kier alpha value is -1.61. The van der Waals surface area contributed by atoms with Gasteiger partial charge in [-0.15, -0.1) is 0 Å². The first kappa shape index (κ1) is 11.9. The second-order valence-corrected chi connectivity index (χ2v) is 4.24. The summed E-state index contributed by atoms with van der Waals surface area (Å²) in [5.41, 5.74) is 3.57. The van der Waals surface area contributed by atoms with Crippen molar-refractivity contribution in [1.82, 2.24) is 10.3 Å². The molecule has 0 saturated carbocycles.